The van der Waals surface area contributed by atoms with Crippen LogP contribution in [0.5, 0.6) is 0 Å². The maximum Gasteiger partial charge on any atom is 0.335 e. The van der Waals surface area contributed by atoms with E-state index in [-0.39, 0.29) is 10.5 Å². The molecule has 0 unspecified atom stereocenters. The highest BCUT2D eigenvalue weighted by atomic mass is 32.2. The third-order valence-corrected chi connectivity index (χ3v) is 4.72. The summed E-state index contributed by atoms with van der Waals surface area (Å²) in [5.74, 6) is -1.15. The van der Waals surface area contributed by atoms with E-state index >= 15 is 0 Å². The van der Waals surface area contributed by atoms with Crippen LogP contribution in [-0.2, 0) is 16.4 Å². The topological polar surface area (TPSA) is 83.5 Å². The third-order valence-electron chi connectivity index (χ3n) is 3.34. The maximum atomic E-state index is 12.4. The highest BCUT2D eigenvalue weighted by Crippen LogP contribution is 2.20. The largest absolute Gasteiger partial charge is 0.478 e. The number of aryl methyl sites for hydroxylation is 2. The number of hydrogen-bond donors (Lipinski definition) is 2. The summed E-state index contributed by atoms with van der Waals surface area (Å²) in [6.45, 7) is 3.60. The number of aromatic carboxylic acids is 1. The van der Waals surface area contributed by atoms with Crippen molar-refractivity contribution in [2.45, 2.75) is 25.2 Å². The molecule has 0 saturated heterocycles. The van der Waals surface area contributed by atoms with E-state index < -0.39 is 16.0 Å². The van der Waals surface area contributed by atoms with E-state index in [1.54, 1.807) is 25.1 Å². The highest BCUT2D eigenvalue weighted by Gasteiger charge is 2.18. The van der Waals surface area contributed by atoms with Crippen molar-refractivity contribution in [3.63, 3.8) is 0 Å². The summed E-state index contributed by atoms with van der Waals surface area (Å²) < 4.78 is 27.2. The molecule has 0 aliphatic carbocycles. The monoisotopic (exact) mass is 319 g/mol. The van der Waals surface area contributed by atoms with Crippen LogP contribution in [-0.4, -0.2) is 19.5 Å². The van der Waals surface area contributed by atoms with Gasteiger partial charge in [0.25, 0.3) is 10.0 Å². The third kappa shape index (κ3) is 3.46. The molecule has 0 radical (unpaired) electrons. The summed E-state index contributed by atoms with van der Waals surface area (Å²) >= 11 is 0. The second-order valence-electron chi connectivity index (χ2n) is 4.94. The first kappa shape index (κ1) is 16.0. The fraction of sp³-hybridized carbons (Fsp3) is 0.188. The van der Waals surface area contributed by atoms with Crippen LogP contribution < -0.4 is 4.72 Å². The molecule has 2 aromatic carbocycles. The van der Waals surface area contributed by atoms with Gasteiger partial charge in [-0.15, -0.1) is 0 Å². The Labute approximate surface area is 129 Å². The van der Waals surface area contributed by atoms with Crippen LogP contribution in [0.3, 0.4) is 0 Å². The summed E-state index contributed by atoms with van der Waals surface area (Å²) in [4.78, 5) is 11.1. The van der Waals surface area contributed by atoms with Crippen molar-refractivity contribution < 1.29 is 18.3 Å². The molecular formula is C16H17NO4S. The van der Waals surface area contributed by atoms with Crippen molar-refractivity contribution in [2.24, 2.45) is 0 Å². The first-order valence-electron chi connectivity index (χ1n) is 6.79. The first-order valence-corrected chi connectivity index (χ1v) is 8.27. The van der Waals surface area contributed by atoms with E-state index in [1.165, 1.54) is 18.2 Å². The highest BCUT2D eigenvalue weighted by molar-refractivity contribution is 7.92. The quantitative estimate of drug-likeness (QED) is 0.887. The van der Waals surface area contributed by atoms with Crippen molar-refractivity contribution in [1.29, 1.82) is 0 Å². The van der Waals surface area contributed by atoms with Crippen LogP contribution in [0.25, 0.3) is 0 Å². The van der Waals surface area contributed by atoms with E-state index in [9.17, 15) is 13.2 Å². The second-order valence-corrected chi connectivity index (χ2v) is 6.62. The SMILES string of the molecule is CCc1cccc(NS(=O)(=O)c2ccc(C)c(C(=O)O)c2)c1. The van der Waals surface area contributed by atoms with Crippen molar-refractivity contribution in [3.8, 4) is 0 Å². The molecule has 2 N–H and O–H groups in total. The Morgan fingerprint density at radius 2 is 1.91 bits per heavy atom. The molecule has 5 nitrogen and oxygen atoms in total. The smallest absolute Gasteiger partial charge is 0.335 e. The van der Waals surface area contributed by atoms with Crippen LogP contribution in [0.4, 0.5) is 5.69 Å². The van der Waals surface area contributed by atoms with Gasteiger partial charge in [0.05, 0.1) is 10.5 Å². The Bertz CT molecular complexity index is 813. The molecule has 0 aromatic heterocycles. The Morgan fingerprint density at radius 3 is 2.55 bits per heavy atom. The van der Waals surface area contributed by atoms with E-state index in [0.717, 1.165) is 12.0 Å². The molecule has 0 aliphatic rings. The number of carboxylic acids is 1. The maximum absolute atomic E-state index is 12.4. The fourth-order valence-corrected chi connectivity index (χ4v) is 3.14. The predicted octanol–water partition coefficient (Wildman–Crippen LogP) is 3.06. The minimum atomic E-state index is -3.82. The summed E-state index contributed by atoms with van der Waals surface area (Å²) in [5, 5.41) is 9.10. The standard InChI is InChI=1S/C16H17NO4S/c1-3-12-5-4-6-13(9-12)17-22(20,21)14-8-7-11(2)15(10-14)16(18)19/h4-10,17H,3H2,1-2H3,(H,18,19). The van der Waals surface area contributed by atoms with Gasteiger partial charge in [-0.05, 0) is 48.7 Å². The van der Waals surface area contributed by atoms with E-state index in [4.69, 9.17) is 5.11 Å². The molecule has 0 atom stereocenters. The Kier molecular flexibility index (Phi) is 4.51. The van der Waals surface area contributed by atoms with Gasteiger partial charge in [-0.25, -0.2) is 13.2 Å². The van der Waals surface area contributed by atoms with E-state index in [0.29, 0.717) is 11.3 Å². The molecule has 116 valence electrons. The van der Waals surface area contributed by atoms with E-state index in [1.807, 2.05) is 13.0 Å². The Hall–Kier alpha value is -2.34. The number of rotatable bonds is 5. The van der Waals surface area contributed by atoms with Crippen molar-refractivity contribution in [2.75, 3.05) is 4.72 Å². The summed E-state index contributed by atoms with van der Waals surface area (Å²) in [6, 6.07) is 11.1. The molecule has 0 fully saturated rings. The number of hydrogen-bond acceptors (Lipinski definition) is 3. The molecule has 0 spiro atoms. The Balaban J connectivity index is 2.38. The molecule has 0 heterocycles. The number of sulfonamides is 1. The number of carbonyl (C=O) groups is 1. The molecule has 6 heteroatoms. The first-order chi connectivity index (χ1) is 10.3. The Morgan fingerprint density at radius 1 is 1.18 bits per heavy atom. The average Bonchev–Trinajstić information content (AvgIpc) is 2.46. The minimum absolute atomic E-state index is 0.0230. The number of nitrogens with one attached hydrogen (secondary N) is 1. The van der Waals surface area contributed by atoms with Crippen LogP contribution in [0.15, 0.2) is 47.4 Å². The molecule has 2 rings (SSSR count). The summed E-state index contributed by atoms with van der Waals surface area (Å²) in [6.07, 6.45) is 0.795. The zero-order chi connectivity index (χ0) is 16.3. The number of benzene rings is 2. The average molecular weight is 319 g/mol. The van der Waals surface area contributed by atoms with Crippen LogP contribution >= 0.6 is 0 Å². The number of anilines is 1. The molecule has 0 amide bonds. The van der Waals surface area contributed by atoms with Gasteiger partial charge in [0.2, 0.25) is 0 Å². The van der Waals surface area contributed by atoms with Crippen LogP contribution in [0.2, 0.25) is 0 Å². The molecule has 0 aliphatic heterocycles. The summed E-state index contributed by atoms with van der Waals surface area (Å²) in [5.41, 5.74) is 1.96. The lowest BCUT2D eigenvalue weighted by Gasteiger charge is -2.10. The molecule has 0 saturated carbocycles. The summed E-state index contributed by atoms with van der Waals surface area (Å²) in [7, 11) is -3.82. The van der Waals surface area contributed by atoms with Gasteiger partial charge >= 0.3 is 5.97 Å². The van der Waals surface area contributed by atoms with Gasteiger partial charge in [0, 0.05) is 5.69 Å². The normalized spacial score (nSPS) is 11.2. The van der Waals surface area contributed by atoms with Gasteiger partial charge in [0.1, 0.15) is 0 Å². The lowest BCUT2D eigenvalue weighted by Crippen LogP contribution is -2.14. The zero-order valence-electron chi connectivity index (χ0n) is 12.3. The van der Waals surface area contributed by atoms with Crippen molar-refractivity contribution in [1.82, 2.24) is 0 Å². The zero-order valence-corrected chi connectivity index (χ0v) is 13.1. The van der Waals surface area contributed by atoms with Crippen LogP contribution in [0.1, 0.15) is 28.4 Å². The molecular weight excluding hydrogens is 302 g/mol. The van der Waals surface area contributed by atoms with Gasteiger partial charge in [-0.1, -0.05) is 25.1 Å². The lowest BCUT2D eigenvalue weighted by molar-refractivity contribution is 0.0696. The van der Waals surface area contributed by atoms with Gasteiger partial charge in [-0.3, -0.25) is 4.72 Å². The van der Waals surface area contributed by atoms with Crippen molar-refractivity contribution in [3.05, 3.63) is 59.2 Å². The molecule has 0 bridgehead atoms. The van der Waals surface area contributed by atoms with E-state index in [2.05, 4.69) is 4.72 Å². The van der Waals surface area contributed by atoms with Gasteiger partial charge in [-0.2, -0.15) is 0 Å². The van der Waals surface area contributed by atoms with Gasteiger partial charge in [0.15, 0.2) is 0 Å². The van der Waals surface area contributed by atoms with Gasteiger partial charge < -0.3 is 5.11 Å². The molecule has 2 aromatic rings. The lowest BCUT2D eigenvalue weighted by atomic mass is 10.1. The van der Waals surface area contributed by atoms with Crippen LogP contribution in [0, 0.1) is 6.92 Å². The number of carboxylic acid groups (broad SMARTS) is 1. The predicted molar refractivity (Wildman–Crippen MR) is 84.8 cm³/mol. The second kappa shape index (κ2) is 6.19. The van der Waals surface area contributed by atoms with Crippen molar-refractivity contribution >= 4 is 21.7 Å². The minimum Gasteiger partial charge on any atom is -0.478 e. The molecule has 22 heavy (non-hydrogen) atoms. The fourth-order valence-electron chi connectivity index (χ4n) is 2.07.